The van der Waals surface area contributed by atoms with Gasteiger partial charge in [0.25, 0.3) is 0 Å². The summed E-state index contributed by atoms with van der Waals surface area (Å²) in [6.07, 6.45) is 16.3. The molecule has 0 aromatic carbocycles. The van der Waals surface area contributed by atoms with E-state index in [9.17, 15) is 8.42 Å². The van der Waals surface area contributed by atoms with Gasteiger partial charge in [0.1, 0.15) is 5.76 Å². The molecule has 1 aromatic rings. The van der Waals surface area contributed by atoms with E-state index in [1.807, 2.05) is 0 Å². The molecule has 1 aromatic heterocycles. The van der Waals surface area contributed by atoms with Gasteiger partial charge in [0, 0.05) is 6.42 Å². The summed E-state index contributed by atoms with van der Waals surface area (Å²) in [7, 11) is -4.20. The van der Waals surface area contributed by atoms with Gasteiger partial charge < -0.3 is 4.42 Å². The number of hydrogen-bond acceptors (Lipinski definition) is 3. The molecule has 1 heterocycles. The zero-order chi connectivity index (χ0) is 17.0. The SMILES string of the molecule is CCCCCCCCCCCCCCc1ccc(S(=O)(=O)O)o1.[NaH]. The molecule has 24 heavy (non-hydrogen) atoms. The summed E-state index contributed by atoms with van der Waals surface area (Å²) in [6.45, 7) is 2.25. The molecular weight excluding hydrogens is 335 g/mol. The van der Waals surface area contributed by atoms with Crippen LogP contribution in [0.25, 0.3) is 0 Å². The van der Waals surface area contributed by atoms with Crippen molar-refractivity contribution >= 4 is 39.7 Å². The molecule has 0 amide bonds. The first-order valence-corrected chi connectivity index (χ1v) is 10.5. The Morgan fingerprint density at radius 3 is 1.71 bits per heavy atom. The fraction of sp³-hybridized carbons (Fsp3) is 0.778. The Kier molecular flexibility index (Phi) is 14.5. The monoisotopic (exact) mass is 368 g/mol. The molecule has 0 fully saturated rings. The van der Waals surface area contributed by atoms with Gasteiger partial charge in [-0.15, -0.1) is 0 Å². The minimum atomic E-state index is -4.20. The van der Waals surface area contributed by atoms with Crippen LogP contribution in [0.2, 0.25) is 0 Å². The molecule has 6 heteroatoms. The summed E-state index contributed by atoms with van der Waals surface area (Å²) in [6, 6.07) is 2.94. The molecule has 0 atom stereocenters. The third-order valence-corrected chi connectivity index (χ3v) is 4.90. The van der Waals surface area contributed by atoms with Crippen molar-refractivity contribution in [2.75, 3.05) is 0 Å². The van der Waals surface area contributed by atoms with Gasteiger partial charge in [-0.2, -0.15) is 8.42 Å². The summed E-state index contributed by atoms with van der Waals surface area (Å²) < 4.78 is 35.7. The van der Waals surface area contributed by atoms with Crippen molar-refractivity contribution in [2.24, 2.45) is 0 Å². The van der Waals surface area contributed by atoms with Crippen LogP contribution in [0.3, 0.4) is 0 Å². The van der Waals surface area contributed by atoms with Gasteiger partial charge >= 0.3 is 39.7 Å². The van der Waals surface area contributed by atoms with Crippen LogP contribution in [0.4, 0.5) is 0 Å². The van der Waals surface area contributed by atoms with E-state index >= 15 is 0 Å². The van der Waals surface area contributed by atoms with E-state index in [1.165, 1.54) is 70.3 Å². The molecule has 1 N–H and O–H groups in total. The van der Waals surface area contributed by atoms with Crippen molar-refractivity contribution in [3.05, 3.63) is 17.9 Å². The normalized spacial score (nSPS) is 11.4. The predicted octanol–water partition coefficient (Wildman–Crippen LogP) is 5.12. The standard InChI is InChI=1S/C18H32O4S.Na.H/c1-2-3-4-5-6-7-8-9-10-11-12-13-14-17-15-16-18(22-17)23(19,20)21;;/h15-16H,2-14H2,1H3,(H,19,20,21);;. The summed E-state index contributed by atoms with van der Waals surface area (Å²) >= 11 is 0. The summed E-state index contributed by atoms with van der Waals surface area (Å²) in [4.78, 5) is 0. The predicted molar refractivity (Wildman–Crippen MR) is 100 cm³/mol. The number of furan rings is 1. The summed E-state index contributed by atoms with van der Waals surface area (Å²) in [5.74, 6) is 0.629. The van der Waals surface area contributed by atoms with E-state index in [0.29, 0.717) is 5.76 Å². The minimum absolute atomic E-state index is 0. The number of hydrogen-bond donors (Lipinski definition) is 1. The molecule has 0 unspecified atom stereocenters. The molecule has 1 rings (SSSR count). The third-order valence-electron chi connectivity index (χ3n) is 4.17. The van der Waals surface area contributed by atoms with Crippen molar-refractivity contribution in [3.8, 4) is 0 Å². The number of rotatable bonds is 14. The second kappa shape index (κ2) is 14.4. The molecule has 136 valence electrons. The Morgan fingerprint density at radius 2 is 1.29 bits per heavy atom. The molecule has 0 aliphatic heterocycles. The average Bonchev–Trinajstić information content (AvgIpc) is 2.97. The van der Waals surface area contributed by atoms with Gasteiger partial charge in [-0.25, -0.2) is 0 Å². The second-order valence-corrected chi connectivity index (χ2v) is 7.69. The van der Waals surface area contributed by atoms with Gasteiger partial charge in [-0.3, -0.25) is 4.55 Å². The topological polar surface area (TPSA) is 67.5 Å². The van der Waals surface area contributed by atoms with Gasteiger partial charge in [-0.1, -0.05) is 77.6 Å². The van der Waals surface area contributed by atoms with Gasteiger partial charge in [-0.05, 0) is 18.6 Å². The Morgan fingerprint density at radius 1 is 0.833 bits per heavy atom. The van der Waals surface area contributed by atoms with Crippen LogP contribution in [-0.2, 0) is 16.5 Å². The van der Waals surface area contributed by atoms with E-state index in [1.54, 1.807) is 6.07 Å². The molecule has 0 aliphatic rings. The van der Waals surface area contributed by atoms with E-state index < -0.39 is 10.1 Å². The second-order valence-electron chi connectivity index (χ2n) is 6.33. The first kappa shape index (κ1) is 24.2. The van der Waals surface area contributed by atoms with Crippen molar-refractivity contribution in [2.45, 2.75) is 95.5 Å². The van der Waals surface area contributed by atoms with Crippen LogP contribution >= 0.6 is 0 Å². The molecular formula is C18H33NaO4S. The van der Waals surface area contributed by atoms with Crippen LogP contribution in [-0.4, -0.2) is 42.5 Å². The zero-order valence-electron chi connectivity index (χ0n) is 14.4. The fourth-order valence-electron chi connectivity index (χ4n) is 2.77. The molecule has 0 bridgehead atoms. The van der Waals surface area contributed by atoms with Gasteiger partial charge in [0.2, 0.25) is 5.09 Å². The first-order valence-electron chi connectivity index (χ1n) is 9.10. The summed E-state index contributed by atoms with van der Waals surface area (Å²) in [5, 5.41) is -0.355. The van der Waals surface area contributed by atoms with Crippen molar-refractivity contribution < 1.29 is 17.4 Å². The van der Waals surface area contributed by atoms with E-state index in [4.69, 9.17) is 8.97 Å². The third kappa shape index (κ3) is 11.7. The molecule has 0 aliphatic carbocycles. The van der Waals surface area contributed by atoms with Crippen molar-refractivity contribution in [3.63, 3.8) is 0 Å². The van der Waals surface area contributed by atoms with Crippen LogP contribution in [0.15, 0.2) is 21.6 Å². The molecule has 0 radical (unpaired) electrons. The Hall–Kier alpha value is 0.190. The van der Waals surface area contributed by atoms with E-state index in [-0.39, 0.29) is 34.6 Å². The molecule has 0 saturated carbocycles. The van der Waals surface area contributed by atoms with E-state index in [2.05, 4.69) is 6.92 Å². The number of unbranched alkanes of at least 4 members (excludes halogenated alkanes) is 11. The Balaban J connectivity index is 0.00000529. The van der Waals surface area contributed by atoms with E-state index in [0.717, 1.165) is 19.3 Å². The van der Waals surface area contributed by atoms with Crippen molar-refractivity contribution in [1.82, 2.24) is 0 Å². The van der Waals surface area contributed by atoms with Gasteiger partial charge in [0.05, 0.1) is 0 Å². The van der Waals surface area contributed by atoms with Crippen LogP contribution in [0, 0.1) is 0 Å². The maximum absolute atomic E-state index is 10.9. The van der Waals surface area contributed by atoms with Crippen LogP contribution in [0.1, 0.15) is 89.7 Å². The molecule has 0 spiro atoms. The quantitative estimate of drug-likeness (QED) is 0.281. The average molecular weight is 369 g/mol. The number of aryl methyl sites for hydroxylation is 1. The fourth-order valence-corrected chi connectivity index (χ4v) is 3.22. The Labute approximate surface area is 169 Å². The van der Waals surface area contributed by atoms with Crippen LogP contribution in [0.5, 0.6) is 0 Å². The van der Waals surface area contributed by atoms with Crippen LogP contribution < -0.4 is 0 Å². The maximum atomic E-state index is 10.9. The molecule has 0 saturated heterocycles. The Bertz CT molecular complexity index is 511. The van der Waals surface area contributed by atoms with Crippen molar-refractivity contribution in [1.29, 1.82) is 0 Å². The van der Waals surface area contributed by atoms with Gasteiger partial charge in [0.15, 0.2) is 0 Å². The zero-order valence-corrected chi connectivity index (χ0v) is 15.2. The first-order chi connectivity index (χ1) is 11.0. The molecule has 4 nitrogen and oxygen atoms in total. The summed E-state index contributed by atoms with van der Waals surface area (Å²) in [5.41, 5.74) is 0.